The molecule has 1 aliphatic rings. The van der Waals surface area contributed by atoms with Crippen molar-refractivity contribution in [3.8, 4) is 0 Å². The molecule has 0 aromatic heterocycles. The molecule has 1 aliphatic heterocycles. The Bertz CT molecular complexity index is 1080. The van der Waals surface area contributed by atoms with Gasteiger partial charge in [0.05, 0.1) is 31.4 Å². The second kappa shape index (κ2) is 7.99. The van der Waals surface area contributed by atoms with Gasteiger partial charge in [0.2, 0.25) is 5.91 Å². The fourth-order valence-electron chi connectivity index (χ4n) is 4.66. The molecule has 0 saturated carbocycles. The number of hydrogen-bond donors (Lipinski definition) is 1. The van der Waals surface area contributed by atoms with Gasteiger partial charge in [0.15, 0.2) is 0 Å². The number of amides is 1. The molecule has 1 amide bonds. The summed E-state index contributed by atoms with van der Waals surface area (Å²) in [6.45, 7) is 13.5. The van der Waals surface area contributed by atoms with E-state index < -0.39 is 21.9 Å². The van der Waals surface area contributed by atoms with Crippen LogP contribution in [0, 0.1) is 25.1 Å². The van der Waals surface area contributed by atoms with E-state index in [-0.39, 0.29) is 11.3 Å². The number of aryl methyl sites for hydroxylation is 2. The first-order valence-electron chi connectivity index (χ1n) is 11.1. The van der Waals surface area contributed by atoms with Gasteiger partial charge in [-0.3, -0.25) is 4.79 Å². The minimum atomic E-state index is -1.60. The zero-order valence-corrected chi connectivity index (χ0v) is 20.6. The van der Waals surface area contributed by atoms with Crippen LogP contribution in [0.15, 0.2) is 30.3 Å². The Morgan fingerprint density at radius 1 is 1.00 bits per heavy atom. The molecule has 0 spiro atoms. The lowest BCUT2D eigenvalue weighted by Crippen LogP contribution is -2.72. The number of anilines is 2. The van der Waals surface area contributed by atoms with Gasteiger partial charge in [-0.2, -0.15) is 0 Å². The fourth-order valence-corrected chi connectivity index (χ4v) is 4.66. The van der Waals surface area contributed by atoms with Crippen molar-refractivity contribution in [2.24, 2.45) is 5.41 Å². The topological polar surface area (TPSA) is 32.3 Å². The summed E-state index contributed by atoms with van der Waals surface area (Å²) in [5, 5.41) is -0.127. The first-order valence-corrected chi connectivity index (χ1v) is 11.1. The van der Waals surface area contributed by atoms with Crippen LogP contribution in [-0.4, -0.2) is 42.6 Å². The molecule has 0 bridgehead atoms. The first kappa shape index (κ1) is 25.5. The number of nitrogens with one attached hydrogen (secondary N) is 1. The van der Waals surface area contributed by atoms with Crippen LogP contribution >= 0.6 is 0 Å². The molecule has 3 nitrogen and oxygen atoms in total. The average molecular weight is 436 g/mol. The van der Waals surface area contributed by atoms with Crippen molar-refractivity contribution in [2.75, 3.05) is 10.2 Å². The van der Waals surface area contributed by atoms with E-state index in [0.29, 0.717) is 23.2 Å². The summed E-state index contributed by atoms with van der Waals surface area (Å²) in [6.07, 6.45) is 0.394. The van der Waals surface area contributed by atoms with Crippen molar-refractivity contribution in [3.63, 3.8) is 0 Å². The van der Waals surface area contributed by atoms with Crippen LogP contribution in [0.5, 0.6) is 0 Å². The number of halogens is 1. The molecule has 8 radical (unpaired) electrons. The van der Waals surface area contributed by atoms with Crippen molar-refractivity contribution in [1.29, 1.82) is 0 Å². The van der Waals surface area contributed by atoms with Crippen LogP contribution in [0.2, 0.25) is 0 Å². The van der Waals surface area contributed by atoms with E-state index >= 15 is 0 Å². The Hall–Kier alpha value is -2.10. The minimum Gasteiger partial charge on any atom is -0.390 e. The lowest BCUT2D eigenvalue weighted by atomic mass is 9.38. The quantitative estimate of drug-likeness (QED) is 0.738. The number of rotatable bonds is 3. The standard InChI is InChI=1S/C25H29B4FN2O/c1-14-10-17(11-15(2)21(14)31-20(33)13-22(3,4)5)32-24(26,27)18-9-8-16(30)12-19(18)23(6,7)25(32,28)29/h8-12H,13H2,1-7H3,(H,31,33). The van der Waals surface area contributed by atoms with E-state index in [1.807, 2.05) is 60.6 Å². The van der Waals surface area contributed by atoms with Crippen LogP contribution in [0.25, 0.3) is 0 Å². The van der Waals surface area contributed by atoms with Gasteiger partial charge >= 0.3 is 0 Å². The highest BCUT2D eigenvalue weighted by molar-refractivity contribution is 6.48. The Labute approximate surface area is 202 Å². The third-order valence-electron chi connectivity index (χ3n) is 6.56. The molecule has 1 N–H and O–H groups in total. The summed E-state index contributed by atoms with van der Waals surface area (Å²) >= 11 is 0. The first-order chi connectivity index (χ1) is 14.9. The molecular weight excluding hydrogens is 407 g/mol. The summed E-state index contributed by atoms with van der Waals surface area (Å²) in [5.74, 6) is -0.473. The average Bonchev–Trinajstić information content (AvgIpc) is 2.61. The second-order valence-electron chi connectivity index (χ2n) is 11.0. The zero-order chi connectivity index (χ0) is 25.1. The predicted molar refractivity (Wildman–Crippen MR) is 138 cm³/mol. The number of carbonyl (C=O) groups is 1. The van der Waals surface area contributed by atoms with Gasteiger partial charge in [0, 0.05) is 17.8 Å². The van der Waals surface area contributed by atoms with Gasteiger partial charge in [0.25, 0.3) is 0 Å². The number of hydrogen-bond acceptors (Lipinski definition) is 2. The molecule has 0 atom stereocenters. The third-order valence-corrected chi connectivity index (χ3v) is 6.56. The maximum Gasteiger partial charge on any atom is 0.224 e. The highest BCUT2D eigenvalue weighted by atomic mass is 19.1. The Morgan fingerprint density at radius 2 is 1.55 bits per heavy atom. The Balaban J connectivity index is 2.12. The fraction of sp³-hybridized carbons (Fsp3) is 0.480. The second-order valence-corrected chi connectivity index (χ2v) is 11.0. The maximum absolute atomic E-state index is 14.1. The molecular formula is C25H29B4FN2O. The number of nitrogens with zero attached hydrogens (tertiary/aromatic N) is 1. The van der Waals surface area contributed by atoms with E-state index in [2.05, 4.69) is 5.32 Å². The van der Waals surface area contributed by atoms with Gasteiger partial charge in [-0.15, -0.1) is 0 Å². The van der Waals surface area contributed by atoms with Crippen molar-refractivity contribution in [3.05, 3.63) is 58.4 Å². The highest BCUT2D eigenvalue weighted by Crippen LogP contribution is 2.50. The summed E-state index contributed by atoms with van der Waals surface area (Å²) in [7, 11) is 26.7. The van der Waals surface area contributed by atoms with E-state index in [9.17, 15) is 9.18 Å². The maximum atomic E-state index is 14.1. The molecule has 33 heavy (non-hydrogen) atoms. The van der Waals surface area contributed by atoms with Gasteiger partial charge in [-0.1, -0.05) is 40.7 Å². The largest absolute Gasteiger partial charge is 0.390 e. The lowest BCUT2D eigenvalue weighted by molar-refractivity contribution is -0.117. The molecule has 3 rings (SSSR count). The summed E-state index contributed by atoms with van der Waals surface area (Å²) in [4.78, 5) is 14.1. The van der Waals surface area contributed by atoms with Crippen LogP contribution in [-0.2, 0) is 15.5 Å². The Kier molecular flexibility index (Phi) is 6.18. The van der Waals surface area contributed by atoms with Crippen LogP contribution < -0.4 is 10.2 Å². The summed E-state index contributed by atoms with van der Waals surface area (Å²) < 4.78 is 14.1. The SMILES string of the molecule is [B]C1([B])c2ccc(F)cc2C(C)(C)C([B])([B])N1c1cc(C)c(NC(=O)CC(C)(C)C)c(C)c1. The van der Waals surface area contributed by atoms with Crippen molar-refractivity contribution in [1.82, 2.24) is 0 Å². The monoisotopic (exact) mass is 436 g/mol. The molecule has 1 heterocycles. The van der Waals surface area contributed by atoms with Gasteiger partial charge in [0.1, 0.15) is 5.82 Å². The van der Waals surface area contributed by atoms with E-state index in [4.69, 9.17) is 31.4 Å². The van der Waals surface area contributed by atoms with Crippen molar-refractivity contribution < 1.29 is 9.18 Å². The molecule has 0 aliphatic carbocycles. The number of fused-ring (bicyclic) bond motifs is 1. The molecule has 164 valence electrons. The van der Waals surface area contributed by atoms with Crippen molar-refractivity contribution >= 4 is 48.7 Å². The highest BCUT2D eigenvalue weighted by Gasteiger charge is 2.52. The van der Waals surface area contributed by atoms with Gasteiger partial charge in [-0.25, -0.2) is 4.39 Å². The molecule has 0 saturated heterocycles. The lowest BCUT2D eigenvalue weighted by Gasteiger charge is -2.64. The molecule has 2 aromatic rings. The van der Waals surface area contributed by atoms with Crippen LogP contribution in [0.1, 0.15) is 63.3 Å². The summed E-state index contributed by atoms with van der Waals surface area (Å²) in [5.41, 5.74) is 3.06. The summed E-state index contributed by atoms with van der Waals surface area (Å²) in [6, 6.07) is 8.00. The normalized spacial score (nSPS) is 18.5. The van der Waals surface area contributed by atoms with Crippen LogP contribution in [0.4, 0.5) is 15.8 Å². The molecule has 0 unspecified atom stereocenters. The zero-order valence-electron chi connectivity index (χ0n) is 20.6. The predicted octanol–water partition coefficient (Wildman–Crippen LogP) is 4.05. The molecule has 8 heteroatoms. The van der Waals surface area contributed by atoms with Crippen molar-refractivity contribution in [2.45, 2.75) is 71.0 Å². The minimum absolute atomic E-state index is 0.0597. The number of carbonyl (C=O) groups excluding carboxylic acids is 1. The molecule has 0 fully saturated rings. The van der Waals surface area contributed by atoms with Gasteiger partial charge < -0.3 is 10.2 Å². The van der Waals surface area contributed by atoms with E-state index in [1.54, 1.807) is 11.0 Å². The van der Waals surface area contributed by atoms with E-state index in [0.717, 1.165) is 16.8 Å². The Morgan fingerprint density at radius 3 is 2.06 bits per heavy atom. The van der Waals surface area contributed by atoms with Crippen LogP contribution in [0.3, 0.4) is 0 Å². The third kappa shape index (κ3) is 4.38. The molecule has 2 aromatic carbocycles. The van der Waals surface area contributed by atoms with E-state index in [1.165, 1.54) is 12.1 Å². The van der Waals surface area contributed by atoms with Gasteiger partial charge in [-0.05, 0) is 81.9 Å². The smallest absolute Gasteiger partial charge is 0.224 e. The number of benzene rings is 2.